The van der Waals surface area contributed by atoms with E-state index in [-0.39, 0.29) is 27.9 Å². The molecule has 1 aliphatic heterocycles. The van der Waals surface area contributed by atoms with Crippen molar-refractivity contribution in [1.82, 2.24) is 24.9 Å². The van der Waals surface area contributed by atoms with Gasteiger partial charge < -0.3 is 10.6 Å². The average Bonchev–Trinajstić information content (AvgIpc) is 3.54. The fourth-order valence-corrected chi connectivity index (χ4v) is 6.13. The average molecular weight is 675 g/mol. The summed E-state index contributed by atoms with van der Waals surface area (Å²) in [4.78, 5) is 11.5. The number of rotatable bonds is 9. The van der Waals surface area contributed by atoms with Gasteiger partial charge >= 0.3 is 0 Å². The van der Waals surface area contributed by atoms with Crippen molar-refractivity contribution in [2.24, 2.45) is 4.99 Å². The number of nitrogens with zero attached hydrogens (tertiary/aromatic N) is 7. The predicted molar refractivity (Wildman–Crippen MR) is 189 cm³/mol. The van der Waals surface area contributed by atoms with Crippen LogP contribution in [0.15, 0.2) is 72.1 Å². The first-order valence-corrected chi connectivity index (χ1v) is 16.2. The molecule has 9 nitrogen and oxygen atoms in total. The zero-order valence-electron chi connectivity index (χ0n) is 27.2. The Hall–Kier alpha value is -4.30. The number of nitriles is 1. The molecule has 0 radical (unpaired) electrons. The van der Waals surface area contributed by atoms with Crippen LogP contribution in [0.25, 0.3) is 10.9 Å². The molecule has 0 unspecified atom stereocenters. The Balaban J connectivity index is 1.53. The van der Waals surface area contributed by atoms with Gasteiger partial charge in [0.25, 0.3) is 0 Å². The van der Waals surface area contributed by atoms with E-state index in [1.54, 1.807) is 24.4 Å². The SMILES string of the molecule is C=C(C(C)=N/C=C\C)[C@H](Nc1cc(Cl)c2ncc(C#N)c(Nc3cccc(Cl)c3F)c2c1)c1cn(C2CCN(C(C)(C)C)CC2)nn1. The number of halogens is 3. The molecule has 0 saturated carbocycles. The van der Waals surface area contributed by atoms with Crippen LogP contribution in [0.3, 0.4) is 0 Å². The lowest BCUT2D eigenvalue weighted by Gasteiger charge is -2.40. The van der Waals surface area contributed by atoms with E-state index >= 15 is 0 Å². The Bertz CT molecular complexity index is 1890. The summed E-state index contributed by atoms with van der Waals surface area (Å²) in [5.74, 6) is -0.636. The molecule has 1 atom stereocenters. The van der Waals surface area contributed by atoms with Crippen molar-refractivity contribution in [3.63, 3.8) is 0 Å². The number of benzene rings is 2. The van der Waals surface area contributed by atoms with Crippen LogP contribution in [-0.4, -0.2) is 49.2 Å². The Kier molecular flexibility index (Phi) is 10.3. The van der Waals surface area contributed by atoms with E-state index in [1.807, 2.05) is 36.9 Å². The van der Waals surface area contributed by atoms with E-state index in [4.69, 9.17) is 23.2 Å². The Morgan fingerprint density at radius 2 is 1.96 bits per heavy atom. The van der Waals surface area contributed by atoms with Crippen LogP contribution in [0.4, 0.5) is 21.5 Å². The van der Waals surface area contributed by atoms with Gasteiger partial charge in [-0.05, 0) is 77.3 Å². The number of aromatic nitrogens is 4. The third kappa shape index (κ3) is 7.49. The molecule has 0 aliphatic carbocycles. The first-order chi connectivity index (χ1) is 22.4. The smallest absolute Gasteiger partial charge is 0.165 e. The molecule has 1 aliphatic rings. The van der Waals surface area contributed by atoms with Gasteiger partial charge in [0.1, 0.15) is 11.8 Å². The topological polar surface area (TPSA) is 107 Å². The van der Waals surface area contributed by atoms with E-state index in [1.165, 1.54) is 12.3 Å². The largest absolute Gasteiger partial charge is 0.373 e. The van der Waals surface area contributed by atoms with Crippen LogP contribution in [-0.2, 0) is 0 Å². The Morgan fingerprint density at radius 3 is 2.64 bits per heavy atom. The van der Waals surface area contributed by atoms with Gasteiger partial charge in [0.2, 0.25) is 0 Å². The molecular formula is C35H38Cl2FN9. The molecule has 0 amide bonds. The number of pyridine rings is 1. The third-order valence-corrected chi connectivity index (χ3v) is 8.99. The predicted octanol–water partition coefficient (Wildman–Crippen LogP) is 9.03. The molecule has 2 aromatic heterocycles. The summed E-state index contributed by atoms with van der Waals surface area (Å²) in [7, 11) is 0. The summed E-state index contributed by atoms with van der Waals surface area (Å²) in [6.45, 7) is 16.9. The zero-order chi connectivity index (χ0) is 33.9. The Labute approximate surface area is 284 Å². The van der Waals surface area contributed by atoms with Crippen LogP contribution in [0.1, 0.15) is 70.8 Å². The lowest BCUT2D eigenvalue weighted by Crippen LogP contribution is -2.46. The first-order valence-electron chi connectivity index (χ1n) is 15.4. The lowest BCUT2D eigenvalue weighted by molar-refractivity contribution is 0.0866. The molecule has 0 bridgehead atoms. The highest BCUT2D eigenvalue weighted by atomic mass is 35.5. The molecule has 244 valence electrons. The van der Waals surface area contributed by atoms with Crippen molar-refractivity contribution in [1.29, 1.82) is 5.26 Å². The van der Waals surface area contributed by atoms with E-state index in [0.717, 1.165) is 25.9 Å². The van der Waals surface area contributed by atoms with Crippen LogP contribution in [0.2, 0.25) is 10.0 Å². The van der Waals surface area contributed by atoms with Gasteiger partial charge in [-0.2, -0.15) is 5.26 Å². The second-order valence-corrected chi connectivity index (χ2v) is 13.4. The number of hydrogen-bond acceptors (Lipinski definition) is 8. The van der Waals surface area contributed by atoms with E-state index in [0.29, 0.717) is 44.3 Å². The minimum absolute atomic E-state index is 0.0450. The minimum Gasteiger partial charge on any atom is -0.373 e. The van der Waals surface area contributed by atoms with Crippen LogP contribution in [0.5, 0.6) is 0 Å². The number of allylic oxidation sites excluding steroid dienone is 1. The number of hydrogen-bond donors (Lipinski definition) is 2. The van der Waals surface area contributed by atoms with Crippen molar-refractivity contribution >= 4 is 56.9 Å². The molecule has 47 heavy (non-hydrogen) atoms. The first kappa shape index (κ1) is 34.0. The number of aliphatic imine (C=N–C) groups is 1. The van der Waals surface area contributed by atoms with Gasteiger partial charge in [-0.15, -0.1) is 5.10 Å². The number of anilines is 3. The van der Waals surface area contributed by atoms with Gasteiger partial charge in [0.15, 0.2) is 5.82 Å². The van der Waals surface area contributed by atoms with Crippen molar-refractivity contribution in [3.05, 3.63) is 94.3 Å². The summed E-state index contributed by atoms with van der Waals surface area (Å²) < 4.78 is 16.9. The molecule has 1 saturated heterocycles. The van der Waals surface area contributed by atoms with E-state index in [9.17, 15) is 9.65 Å². The van der Waals surface area contributed by atoms with Crippen molar-refractivity contribution in [3.8, 4) is 6.07 Å². The fourth-order valence-electron chi connectivity index (χ4n) is 5.68. The molecule has 2 aromatic carbocycles. The molecule has 5 rings (SSSR count). The molecule has 0 spiro atoms. The number of nitrogens with one attached hydrogen (secondary N) is 2. The van der Waals surface area contributed by atoms with Crippen molar-refractivity contribution in [2.75, 3.05) is 23.7 Å². The summed E-state index contributed by atoms with van der Waals surface area (Å²) in [5.41, 5.74) is 3.91. The van der Waals surface area contributed by atoms with E-state index in [2.05, 4.69) is 69.2 Å². The second-order valence-electron chi connectivity index (χ2n) is 12.6. The van der Waals surface area contributed by atoms with Crippen molar-refractivity contribution < 1.29 is 4.39 Å². The summed E-state index contributed by atoms with van der Waals surface area (Å²) in [6.07, 6.45) is 8.88. The maximum absolute atomic E-state index is 14.9. The summed E-state index contributed by atoms with van der Waals surface area (Å²) in [5, 5.41) is 26.4. The van der Waals surface area contributed by atoms with Crippen LogP contribution < -0.4 is 10.6 Å². The lowest BCUT2D eigenvalue weighted by atomic mass is 9.98. The number of fused-ring (bicyclic) bond motifs is 1. The molecule has 12 heteroatoms. The highest BCUT2D eigenvalue weighted by molar-refractivity contribution is 6.36. The number of likely N-dealkylation sites (tertiary alicyclic amines) is 1. The van der Waals surface area contributed by atoms with Gasteiger partial charge in [0.05, 0.1) is 50.8 Å². The quantitative estimate of drug-likeness (QED) is 0.171. The molecule has 2 N–H and O–H groups in total. The number of piperidine rings is 1. The second kappa shape index (κ2) is 14.2. The van der Waals surface area contributed by atoms with Gasteiger partial charge in [-0.25, -0.2) is 9.07 Å². The van der Waals surface area contributed by atoms with E-state index < -0.39 is 11.9 Å². The summed E-state index contributed by atoms with van der Waals surface area (Å²) in [6, 6.07) is 10.0. The standard InChI is InChI=1S/C35H38Cl2FN9/c1-7-13-40-22(3)21(2)32(30-20-47(45-44-30)25-11-14-46(15-12-25)35(4,5)6)42-24-16-26-33(43-29-10-8-9-27(36)31(29)38)23(18-39)19-41-34(26)28(37)17-24/h7-10,13,16-17,19-20,25,32,42H,2,11-12,14-15H2,1,3-6H3,(H,41,43)/b13-7-,40-22?/t32-/m0/s1. The Morgan fingerprint density at radius 1 is 1.21 bits per heavy atom. The molecule has 1 fully saturated rings. The molecule has 4 aromatic rings. The normalized spacial score (nSPS) is 15.6. The fraction of sp³-hybridized carbons (Fsp3) is 0.343. The highest BCUT2D eigenvalue weighted by Gasteiger charge is 2.29. The third-order valence-electron chi connectivity index (χ3n) is 8.41. The van der Waals surface area contributed by atoms with Gasteiger partial charge in [0, 0.05) is 47.8 Å². The highest BCUT2D eigenvalue weighted by Crippen LogP contribution is 2.38. The van der Waals surface area contributed by atoms with Crippen molar-refractivity contribution in [2.45, 2.75) is 65.1 Å². The van der Waals surface area contributed by atoms with Gasteiger partial charge in [-0.3, -0.25) is 14.9 Å². The monoisotopic (exact) mass is 673 g/mol. The molecular weight excluding hydrogens is 636 g/mol. The summed E-state index contributed by atoms with van der Waals surface area (Å²) >= 11 is 12.8. The van der Waals surface area contributed by atoms with Gasteiger partial charge in [-0.1, -0.05) is 47.1 Å². The molecule has 3 heterocycles. The zero-order valence-corrected chi connectivity index (χ0v) is 28.7. The minimum atomic E-state index is -0.636. The maximum Gasteiger partial charge on any atom is 0.165 e. The van der Waals surface area contributed by atoms with Crippen LogP contribution in [0, 0.1) is 17.1 Å². The maximum atomic E-state index is 14.9. The van der Waals surface area contributed by atoms with Crippen LogP contribution >= 0.6 is 23.2 Å².